The highest BCUT2D eigenvalue weighted by molar-refractivity contribution is 5.97. The zero-order valence-electron chi connectivity index (χ0n) is 21.9. The molecule has 0 radical (unpaired) electrons. The van der Waals surface area contributed by atoms with E-state index in [9.17, 15) is 9.90 Å². The van der Waals surface area contributed by atoms with Gasteiger partial charge in [0.2, 0.25) is 0 Å². The Balaban J connectivity index is 1.62. The molecule has 0 spiro atoms. The van der Waals surface area contributed by atoms with Crippen LogP contribution in [-0.4, -0.2) is 36.6 Å². The summed E-state index contributed by atoms with van der Waals surface area (Å²) in [5.74, 6) is 3.17. The highest BCUT2D eigenvalue weighted by Gasteiger charge is 2.57. The number of hydrogen-bond acceptors (Lipinski definition) is 4. The van der Waals surface area contributed by atoms with Gasteiger partial charge < -0.3 is 15.7 Å². The van der Waals surface area contributed by atoms with Crippen LogP contribution < -0.4 is 10.6 Å². The molecule has 0 aromatic rings. The molecule has 0 aromatic carbocycles. The quantitative estimate of drug-likeness (QED) is 0.521. The predicted molar refractivity (Wildman–Crippen MR) is 136 cm³/mol. The Morgan fingerprint density at radius 3 is 2.45 bits per heavy atom. The predicted octanol–water partition coefficient (Wildman–Crippen LogP) is 5.09. The lowest BCUT2D eigenvalue weighted by Gasteiger charge is -2.50. The average molecular weight is 457 g/mol. The fourth-order valence-electron chi connectivity index (χ4n) is 8.51. The largest absolute Gasteiger partial charge is 0.396 e. The number of carbonyl (C=O) groups is 1. The molecule has 0 aromatic heterocycles. The Kier molecular flexibility index (Phi) is 6.92. The summed E-state index contributed by atoms with van der Waals surface area (Å²) in [6.07, 6.45) is 9.89. The number of hydrogen-bond donors (Lipinski definition) is 3. The van der Waals surface area contributed by atoms with E-state index in [1.54, 1.807) is 0 Å². The molecule has 3 N–H and O–H groups in total. The SMILES string of the molecule is C=C(N[C@H]1CCC2C=C3C(=O)C[C@@]4(C)C(CC[C@@H]4C(C)NC)C3CCC2C1(C)CO)C(C)C. The highest BCUT2D eigenvalue weighted by atomic mass is 16.3. The Hall–Kier alpha value is -1.13. The van der Waals surface area contributed by atoms with E-state index < -0.39 is 0 Å². The minimum absolute atomic E-state index is 0.108. The first-order valence-corrected chi connectivity index (χ1v) is 13.5. The molecule has 4 rings (SSSR count). The van der Waals surface area contributed by atoms with E-state index in [-0.39, 0.29) is 23.5 Å². The first-order chi connectivity index (χ1) is 15.6. The topological polar surface area (TPSA) is 61.4 Å². The second-order valence-corrected chi connectivity index (χ2v) is 12.7. The molecule has 3 saturated carbocycles. The third-order valence-electron chi connectivity index (χ3n) is 10.8. The fourth-order valence-corrected chi connectivity index (χ4v) is 8.51. The molecule has 4 heteroatoms. The standard InChI is InChI=1S/C29H48N2O2/c1-17(2)18(3)31-27-13-8-20-14-22-21(9-10-24(20)29(27,6)16-32)25-12-11-23(19(4)30-7)28(25,5)15-26(22)33/h14,17,19-21,23-25,27,30-32H,3,8-13,15-16H2,1-2,4-7H3/t19?,20?,21?,23-,24?,25?,27+,28-,29?/m1/s1. The van der Waals surface area contributed by atoms with Crippen molar-refractivity contribution in [3.8, 4) is 0 Å². The molecular formula is C29H48N2O2. The second kappa shape index (κ2) is 9.15. The maximum atomic E-state index is 13.6. The Morgan fingerprint density at radius 2 is 1.82 bits per heavy atom. The third kappa shape index (κ3) is 4.03. The van der Waals surface area contributed by atoms with Crippen molar-refractivity contribution in [2.24, 2.45) is 46.3 Å². The summed E-state index contributed by atoms with van der Waals surface area (Å²) in [6, 6.07) is 0.691. The number of carbonyl (C=O) groups excluding carboxylic acids is 1. The summed E-state index contributed by atoms with van der Waals surface area (Å²) < 4.78 is 0. The van der Waals surface area contributed by atoms with Gasteiger partial charge >= 0.3 is 0 Å². The molecule has 186 valence electrons. The number of ketones is 1. The van der Waals surface area contributed by atoms with Crippen LogP contribution in [0.3, 0.4) is 0 Å². The van der Waals surface area contributed by atoms with Gasteiger partial charge in [-0.3, -0.25) is 4.79 Å². The maximum Gasteiger partial charge on any atom is 0.159 e. The number of fused-ring (bicyclic) bond motifs is 4. The van der Waals surface area contributed by atoms with Crippen LogP contribution in [0.2, 0.25) is 0 Å². The monoisotopic (exact) mass is 456 g/mol. The summed E-state index contributed by atoms with van der Waals surface area (Å²) in [5, 5.41) is 17.9. The molecule has 4 aliphatic rings. The molecule has 0 heterocycles. The van der Waals surface area contributed by atoms with E-state index >= 15 is 0 Å². The molecule has 0 aliphatic heterocycles. The second-order valence-electron chi connectivity index (χ2n) is 12.7. The van der Waals surface area contributed by atoms with Gasteiger partial charge in [-0.25, -0.2) is 0 Å². The normalized spacial score (nSPS) is 43.8. The van der Waals surface area contributed by atoms with Crippen molar-refractivity contribution in [3.05, 3.63) is 23.9 Å². The lowest BCUT2D eigenvalue weighted by atomic mass is 9.57. The number of aliphatic hydroxyl groups excluding tert-OH is 1. The number of allylic oxidation sites excluding steroid dienone is 3. The van der Waals surface area contributed by atoms with Gasteiger partial charge in [0, 0.05) is 29.6 Å². The van der Waals surface area contributed by atoms with E-state index in [1.807, 2.05) is 0 Å². The van der Waals surface area contributed by atoms with Gasteiger partial charge in [0.15, 0.2) is 5.78 Å². The summed E-state index contributed by atoms with van der Waals surface area (Å²) in [6.45, 7) is 15.8. The minimum Gasteiger partial charge on any atom is -0.396 e. The lowest BCUT2D eigenvalue weighted by molar-refractivity contribution is -0.123. The Bertz CT molecular complexity index is 803. The molecule has 0 amide bonds. The van der Waals surface area contributed by atoms with Gasteiger partial charge in [0.05, 0.1) is 6.61 Å². The zero-order chi connectivity index (χ0) is 24.1. The first-order valence-electron chi connectivity index (χ1n) is 13.5. The van der Waals surface area contributed by atoms with Gasteiger partial charge in [-0.05, 0) is 99.0 Å². The van der Waals surface area contributed by atoms with Crippen LogP contribution in [0.15, 0.2) is 23.9 Å². The van der Waals surface area contributed by atoms with Crippen LogP contribution >= 0.6 is 0 Å². The molecule has 4 nitrogen and oxygen atoms in total. The maximum absolute atomic E-state index is 13.6. The van der Waals surface area contributed by atoms with Crippen molar-refractivity contribution < 1.29 is 9.90 Å². The molecule has 0 saturated heterocycles. The highest BCUT2D eigenvalue weighted by Crippen LogP contribution is 2.61. The number of aliphatic hydroxyl groups is 1. The van der Waals surface area contributed by atoms with Gasteiger partial charge in [-0.15, -0.1) is 0 Å². The smallest absolute Gasteiger partial charge is 0.159 e. The molecule has 9 atom stereocenters. The Labute approximate surface area is 202 Å². The summed E-state index contributed by atoms with van der Waals surface area (Å²) >= 11 is 0. The van der Waals surface area contributed by atoms with Crippen LogP contribution in [-0.2, 0) is 4.79 Å². The van der Waals surface area contributed by atoms with Crippen molar-refractivity contribution in [1.29, 1.82) is 0 Å². The molecule has 33 heavy (non-hydrogen) atoms. The fraction of sp³-hybridized carbons (Fsp3) is 0.828. The minimum atomic E-state index is -0.198. The summed E-state index contributed by atoms with van der Waals surface area (Å²) in [4.78, 5) is 13.6. The van der Waals surface area contributed by atoms with Crippen molar-refractivity contribution in [2.45, 2.75) is 91.6 Å². The van der Waals surface area contributed by atoms with Crippen LogP contribution in [0.5, 0.6) is 0 Å². The van der Waals surface area contributed by atoms with E-state index in [4.69, 9.17) is 0 Å². The molecular weight excluding hydrogens is 408 g/mol. The number of nitrogens with one attached hydrogen (secondary N) is 2. The first kappa shape index (κ1) is 25.0. The van der Waals surface area contributed by atoms with Gasteiger partial charge in [0.1, 0.15) is 0 Å². The summed E-state index contributed by atoms with van der Waals surface area (Å²) in [5.41, 5.74) is 2.13. The van der Waals surface area contributed by atoms with E-state index in [1.165, 1.54) is 12.8 Å². The number of rotatable bonds is 6. The molecule has 6 unspecified atom stereocenters. The van der Waals surface area contributed by atoms with Crippen LogP contribution in [0.25, 0.3) is 0 Å². The van der Waals surface area contributed by atoms with E-state index in [2.05, 4.69) is 65.0 Å². The molecule has 4 aliphatic carbocycles. The molecule has 3 fully saturated rings. The van der Waals surface area contributed by atoms with E-state index in [0.29, 0.717) is 53.8 Å². The van der Waals surface area contributed by atoms with Crippen molar-refractivity contribution >= 4 is 5.78 Å². The van der Waals surface area contributed by atoms with Crippen molar-refractivity contribution in [3.63, 3.8) is 0 Å². The zero-order valence-corrected chi connectivity index (χ0v) is 21.9. The molecule has 0 bridgehead atoms. The van der Waals surface area contributed by atoms with Gasteiger partial charge in [-0.1, -0.05) is 40.3 Å². The van der Waals surface area contributed by atoms with Gasteiger partial charge in [0.25, 0.3) is 0 Å². The lowest BCUT2D eigenvalue weighted by Crippen LogP contribution is -2.54. The van der Waals surface area contributed by atoms with Crippen molar-refractivity contribution in [1.82, 2.24) is 10.6 Å². The van der Waals surface area contributed by atoms with Crippen LogP contribution in [0, 0.1) is 46.3 Å². The number of Topliss-reactive ketones (excluding diaryl/α,β-unsaturated/α-hetero) is 1. The van der Waals surface area contributed by atoms with E-state index in [0.717, 1.165) is 37.0 Å². The third-order valence-corrected chi connectivity index (χ3v) is 10.8. The van der Waals surface area contributed by atoms with Gasteiger partial charge in [-0.2, -0.15) is 0 Å². The van der Waals surface area contributed by atoms with Crippen LogP contribution in [0.1, 0.15) is 79.6 Å². The Morgan fingerprint density at radius 1 is 1.12 bits per heavy atom. The van der Waals surface area contributed by atoms with Crippen LogP contribution in [0.4, 0.5) is 0 Å². The van der Waals surface area contributed by atoms with Crippen molar-refractivity contribution in [2.75, 3.05) is 13.7 Å². The average Bonchev–Trinajstić information content (AvgIpc) is 2.98. The summed E-state index contributed by atoms with van der Waals surface area (Å²) in [7, 11) is 2.06.